The van der Waals surface area contributed by atoms with Crippen LogP contribution in [0.25, 0.3) is 0 Å². The van der Waals surface area contributed by atoms with Gasteiger partial charge in [-0.05, 0) is 30.7 Å². The molecule has 0 unspecified atom stereocenters. The van der Waals surface area contributed by atoms with Crippen LogP contribution in [0.2, 0.25) is 0 Å². The summed E-state index contributed by atoms with van der Waals surface area (Å²) in [5.41, 5.74) is -1.55. The summed E-state index contributed by atoms with van der Waals surface area (Å²) >= 11 is 0. The van der Waals surface area contributed by atoms with Gasteiger partial charge in [0.05, 0.1) is 6.04 Å². The maximum absolute atomic E-state index is 13.3. The van der Waals surface area contributed by atoms with Crippen LogP contribution in [0, 0.1) is 11.8 Å². The third kappa shape index (κ3) is 8.45. The Morgan fingerprint density at radius 1 is 1.06 bits per heavy atom. The molecule has 12 heteroatoms. The van der Waals surface area contributed by atoms with Gasteiger partial charge in [0.1, 0.15) is 12.6 Å². The average molecular weight is 526 g/mol. The molecule has 0 bridgehead atoms. The highest BCUT2D eigenvalue weighted by Crippen LogP contribution is 2.28. The number of benzene rings is 1. The van der Waals surface area contributed by atoms with E-state index in [0.717, 1.165) is 37.7 Å². The highest BCUT2D eigenvalue weighted by Gasteiger charge is 2.38. The van der Waals surface area contributed by atoms with Gasteiger partial charge in [-0.1, -0.05) is 62.4 Å². The Bertz CT molecular complexity index is 998. The van der Waals surface area contributed by atoms with Crippen LogP contribution in [-0.4, -0.2) is 60.0 Å². The lowest BCUT2D eigenvalue weighted by Crippen LogP contribution is -2.55. The fraction of sp³-hybridized carbons (Fsp3) is 0.625. The Kier molecular flexibility index (Phi) is 10.1. The smallest absolute Gasteiger partial charge is 0.408 e. The number of alkyl carbamates (subject to hydrolysis) is 1. The van der Waals surface area contributed by atoms with E-state index in [-0.39, 0.29) is 24.9 Å². The monoisotopic (exact) mass is 525 g/mol. The molecule has 3 rings (SSSR count). The van der Waals surface area contributed by atoms with E-state index in [0.29, 0.717) is 19.4 Å². The zero-order valence-corrected chi connectivity index (χ0v) is 20.9. The SMILES string of the molecule is O=C(N[C@@H](CC1CCCCC1)C(=O)N[C@@H](C[C@@H]1CCNC1=O)[C@@H](O)S(=O)(=O)O)OCc1ccccc1. The lowest BCUT2D eigenvalue weighted by atomic mass is 9.84. The second-order valence-electron chi connectivity index (χ2n) is 9.53. The summed E-state index contributed by atoms with van der Waals surface area (Å²) in [5.74, 6) is -1.50. The molecule has 2 aliphatic rings. The normalized spacial score (nSPS) is 21.2. The van der Waals surface area contributed by atoms with Crippen molar-refractivity contribution < 1.29 is 37.2 Å². The lowest BCUT2D eigenvalue weighted by molar-refractivity contribution is -0.126. The average Bonchev–Trinajstić information content (AvgIpc) is 3.26. The predicted molar refractivity (Wildman–Crippen MR) is 130 cm³/mol. The second-order valence-corrected chi connectivity index (χ2v) is 11.0. The van der Waals surface area contributed by atoms with Gasteiger partial charge in [-0.3, -0.25) is 14.1 Å². The third-order valence-corrected chi connectivity index (χ3v) is 7.73. The van der Waals surface area contributed by atoms with E-state index in [2.05, 4.69) is 16.0 Å². The Morgan fingerprint density at radius 3 is 2.36 bits per heavy atom. The standard InChI is InChI=1S/C24H35N3O8S/c28-21-18(11-12-25-21)14-20(23(30)36(32,33)34)26-22(29)19(13-16-7-3-1-4-8-16)27-24(31)35-15-17-9-5-2-6-10-17/h2,5-6,9-10,16,18-20,23,30H,1,3-4,7-8,11-15H2,(H,25,28)(H,26,29)(H,27,31)(H,32,33,34)/t18-,19-,20-,23-/m0/s1. The molecule has 1 heterocycles. The minimum atomic E-state index is -4.92. The summed E-state index contributed by atoms with van der Waals surface area (Å²) in [4.78, 5) is 37.8. The van der Waals surface area contributed by atoms with Crippen molar-refractivity contribution in [3.05, 3.63) is 35.9 Å². The van der Waals surface area contributed by atoms with Crippen molar-refractivity contribution in [3.63, 3.8) is 0 Å². The second kappa shape index (κ2) is 13.0. The number of rotatable bonds is 11. The van der Waals surface area contributed by atoms with Gasteiger partial charge in [-0.15, -0.1) is 0 Å². The molecule has 4 atom stereocenters. The van der Waals surface area contributed by atoms with E-state index in [1.165, 1.54) is 0 Å². The molecule has 200 valence electrons. The van der Waals surface area contributed by atoms with Gasteiger partial charge < -0.3 is 25.8 Å². The van der Waals surface area contributed by atoms with Crippen LogP contribution in [0.15, 0.2) is 30.3 Å². The van der Waals surface area contributed by atoms with Crippen molar-refractivity contribution in [2.75, 3.05) is 6.54 Å². The van der Waals surface area contributed by atoms with Crippen molar-refractivity contribution >= 4 is 28.0 Å². The van der Waals surface area contributed by atoms with Crippen LogP contribution >= 0.6 is 0 Å². The van der Waals surface area contributed by atoms with E-state index in [9.17, 15) is 32.5 Å². The van der Waals surface area contributed by atoms with E-state index in [1.807, 2.05) is 6.07 Å². The highest BCUT2D eigenvalue weighted by molar-refractivity contribution is 7.86. The maximum atomic E-state index is 13.3. The molecule has 0 aromatic heterocycles. The number of aliphatic hydroxyl groups is 1. The predicted octanol–water partition coefficient (Wildman–Crippen LogP) is 1.47. The van der Waals surface area contributed by atoms with Gasteiger partial charge in [0.2, 0.25) is 17.3 Å². The van der Waals surface area contributed by atoms with Crippen molar-refractivity contribution in [1.82, 2.24) is 16.0 Å². The van der Waals surface area contributed by atoms with E-state index in [1.54, 1.807) is 24.3 Å². The highest BCUT2D eigenvalue weighted by atomic mass is 32.2. The van der Waals surface area contributed by atoms with Crippen LogP contribution in [0.1, 0.15) is 56.9 Å². The first-order valence-corrected chi connectivity index (χ1v) is 13.8. The topological polar surface area (TPSA) is 171 Å². The van der Waals surface area contributed by atoms with Crippen molar-refractivity contribution in [1.29, 1.82) is 0 Å². The Labute approximate surface area is 211 Å². The quantitative estimate of drug-likeness (QED) is 0.270. The fourth-order valence-corrected chi connectivity index (χ4v) is 5.40. The van der Waals surface area contributed by atoms with Crippen molar-refractivity contribution in [2.45, 2.75) is 75.5 Å². The van der Waals surface area contributed by atoms with Crippen LogP contribution in [0.3, 0.4) is 0 Å². The molecule has 0 spiro atoms. The summed E-state index contributed by atoms with van der Waals surface area (Å²) in [7, 11) is -4.92. The number of carbonyl (C=O) groups is 3. The molecule has 11 nitrogen and oxygen atoms in total. The molecule has 1 aromatic carbocycles. The Morgan fingerprint density at radius 2 is 1.75 bits per heavy atom. The van der Waals surface area contributed by atoms with Gasteiger partial charge in [0.15, 0.2) is 0 Å². The minimum Gasteiger partial charge on any atom is -0.445 e. The van der Waals surface area contributed by atoms with E-state index < -0.39 is 45.6 Å². The van der Waals surface area contributed by atoms with Crippen LogP contribution in [0.5, 0.6) is 0 Å². The summed E-state index contributed by atoms with van der Waals surface area (Å²) < 4.78 is 38.0. The number of hydrogen-bond acceptors (Lipinski definition) is 7. The van der Waals surface area contributed by atoms with Crippen molar-refractivity contribution in [2.24, 2.45) is 11.8 Å². The van der Waals surface area contributed by atoms with Gasteiger partial charge >= 0.3 is 6.09 Å². The van der Waals surface area contributed by atoms with Gasteiger partial charge in [0.25, 0.3) is 10.1 Å². The summed E-state index contributed by atoms with van der Waals surface area (Å²) in [6.07, 6.45) is 4.63. The minimum absolute atomic E-state index is 0.00529. The molecule has 1 saturated carbocycles. The first-order chi connectivity index (χ1) is 17.1. The first-order valence-electron chi connectivity index (χ1n) is 12.3. The number of nitrogens with one attached hydrogen (secondary N) is 3. The Balaban J connectivity index is 1.70. The molecule has 36 heavy (non-hydrogen) atoms. The van der Waals surface area contributed by atoms with Gasteiger partial charge in [-0.25, -0.2) is 4.79 Å². The van der Waals surface area contributed by atoms with E-state index in [4.69, 9.17) is 4.74 Å². The van der Waals surface area contributed by atoms with Crippen molar-refractivity contribution in [3.8, 4) is 0 Å². The number of ether oxygens (including phenoxy) is 1. The summed E-state index contributed by atoms with van der Waals surface area (Å²) in [6, 6.07) is 6.53. The molecule has 2 fully saturated rings. The number of amides is 3. The molecule has 1 aliphatic carbocycles. The number of carbonyl (C=O) groups excluding carboxylic acids is 3. The van der Waals surface area contributed by atoms with Crippen LogP contribution in [-0.2, 0) is 31.1 Å². The first kappa shape index (κ1) is 27.9. The molecular formula is C24H35N3O8S. The largest absolute Gasteiger partial charge is 0.445 e. The lowest BCUT2D eigenvalue weighted by Gasteiger charge is -2.29. The van der Waals surface area contributed by atoms with Gasteiger partial charge in [0, 0.05) is 12.5 Å². The summed E-state index contributed by atoms with van der Waals surface area (Å²) in [5, 5.41) is 17.9. The maximum Gasteiger partial charge on any atom is 0.408 e. The molecule has 0 radical (unpaired) electrons. The molecular weight excluding hydrogens is 490 g/mol. The zero-order chi connectivity index (χ0) is 26.1. The Hall–Kier alpha value is -2.70. The third-order valence-electron chi connectivity index (χ3n) is 6.79. The molecule has 1 saturated heterocycles. The summed E-state index contributed by atoms with van der Waals surface area (Å²) in [6.45, 7) is 0.399. The molecule has 3 amide bonds. The van der Waals surface area contributed by atoms with Crippen LogP contribution < -0.4 is 16.0 Å². The fourth-order valence-electron chi connectivity index (χ4n) is 4.81. The zero-order valence-electron chi connectivity index (χ0n) is 20.1. The van der Waals surface area contributed by atoms with Gasteiger partial charge in [-0.2, -0.15) is 8.42 Å². The molecule has 5 N–H and O–H groups in total. The number of hydrogen-bond donors (Lipinski definition) is 5. The number of aliphatic hydroxyl groups excluding tert-OH is 1. The van der Waals surface area contributed by atoms with Crippen LogP contribution in [0.4, 0.5) is 4.79 Å². The van der Waals surface area contributed by atoms with E-state index >= 15 is 0 Å². The molecule has 1 aromatic rings. The molecule has 1 aliphatic heterocycles.